The fourth-order valence-electron chi connectivity index (χ4n) is 3.37. The van der Waals surface area contributed by atoms with Crippen LogP contribution in [0.25, 0.3) is 0 Å². The van der Waals surface area contributed by atoms with Crippen molar-refractivity contribution in [3.8, 4) is 0 Å². The number of hydrogen-bond donors (Lipinski definition) is 0. The average molecular weight is 319 g/mol. The minimum absolute atomic E-state index is 0.355. The van der Waals surface area contributed by atoms with Crippen LogP contribution < -0.4 is 4.57 Å². The van der Waals surface area contributed by atoms with Gasteiger partial charge in [-0.3, -0.25) is 0 Å². The number of aromatic nitrogens is 2. The van der Waals surface area contributed by atoms with Crippen LogP contribution in [0.2, 0.25) is 0 Å². The number of hydrogen-bond acceptors (Lipinski definition) is 0. The van der Waals surface area contributed by atoms with E-state index in [1.165, 1.54) is 28.1 Å². The van der Waals surface area contributed by atoms with Crippen molar-refractivity contribution in [3.05, 3.63) is 89.0 Å². The van der Waals surface area contributed by atoms with Gasteiger partial charge in [-0.05, 0) is 38.3 Å². The molecular formula is C22H27N2+. The van der Waals surface area contributed by atoms with Crippen LogP contribution in [0.5, 0.6) is 0 Å². The molecule has 0 bridgehead atoms. The van der Waals surface area contributed by atoms with Gasteiger partial charge in [0.25, 0.3) is 5.82 Å². The largest absolute Gasteiger partial charge is 0.264 e. The lowest BCUT2D eigenvalue weighted by Gasteiger charge is -2.16. The maximum absolute atomic E-state index is 2.36. The van der Waals surface area contributed by atoms with Crippen LogP contribution in [0.3, 0.4) is 0 Å². The van der Waals surface area contributed by atoms with E-state index in [-0.39, 0.29) is 0 Å². The summed E-state index contributed by atoms with van der Waals surface area (Å²) in [5.74, 6) is 1.72. The van der Waals surface area contributed by atoms with E-state index in [0.29, 0.717) is 5.92 Å². The summed E-state index contributed by atoms with van der Waals surface area (Å²) in [6.45, 7) is 7.49. The highest BCUT2D eigenvalue weighted by Crippen LogP contribution is 2.27. The highest BCUT2D eigenvalue weighted by Gasteiger charge is 2.27. The van der Waals surface area contributed by atoms with Gasteiger partial charge in [-0.25, -0.2) is 9.13 Å². The molecule has 1 unspecified atom stereocenters. The molecule has 0 amide bonds. The molecule has 1 atom stereocenters. The van der Waals surface area contributed by atoms with E-state index in [4.69, 9.17) is 0 Å². The van der Waals surface area contributed by atoms with Crippen molar-refractivity contribution in [1.82, 2.24) is 4.57 Å². The van der Waals surface area contributed by atoms with Gasteiger partial charge in [-0.1, -0.05) is 59.7 Å². The number of nitrogens with zero attached hydrogens (tertiary/aromatic N) is 2. The standard InChI is InChI=1S/C22H27N2/c1-5-24-15-14-23(4)22(24)21(20-12-8-18(3)9-13-20)16-19-10-6-17(2)7-11-19/h6-15,21H,5,16H2,1-4H3/q+1. The molecule has 0 saturated heterocycles. The van der Waals surface area contributed by atoms with Gasteiger partial charge < -0.3 is 0 Å². The lowest BCUT2D eigenvalue weighted by molar-refractivity contribution is -0.679. The van der Waals surface area contributed by atoms with Crippen molar-refractivity contribution in [2.24, 2.45) is 7.05 Å². The predicted molar refractivity (Wildman–Crippen MR) is 99.2 cm³/mol. The molecule has 3 rings (SSSR count). The summed E-state index contributed by atoms with van der Waals surface area (Å²) in [6.07, 6.45) is 5.36. The number of benzene rings is 2. The molecule has 3 aromatic rings. The van der Waals surface area contributed by atoms with Crippen molar-refractivity contribution >= 4 is 0 Å². The van der Waals surface area contributed by atoms with Gasteiger partial charge in [0.1, 0.15) is 12.4 Å². The van der Waals surface area contributed by atoms with Gasteiger partial charge in [0.05, 0.1) is 19.5 Å². The third kappa shape index (κ3) is 3.43. The van der Waals surface area contributed by atoms with Crippen LogP contribution in [0.15, 0.2) is 60.9 Å². The van der Waals surface area contributed by atoms with E-state index in [1.807, 2.05) is 0 Å². The molecule has 0 aliphatic heterocycles. The molecule has 0 radical (unpaired) electrons. The van der Waals surface area contributed by atoms with Gasteiger partial charge in [-0.15, -0.1) is 0 Å². The first kappa shape index (κ1) is 16.5. The summed E-state index contributed by atoms with van der Waals surface area (Å²) >= 11 is 0. The van der Waals surface area contributed by atoms with Crippen LogP contribution >= 0.6 is 0 Å². The molecule has 0 aliphatic carbocycles. The zero-order chi connectivity index (χ0) is 17.1. The molecule has 124 valence electrons. The molecule has 2 nitrogen and oxygen atoms in total. The lowest BCUT2D eigenvalue weighted by atomic mass is 9.90. The second kappa shape index (κ2) is 7.04. The SMILES string of the molecule is CCn1cc[n+](C)c1C(Cc1ccc(C)cc1)c1ccc(C)cc1. The third-order valence-corrected chi connectivity index (χ3v) is 4.82. The molecule has 0 N–H and O–H groups in total. The quantitative estimate of drug-likeness (QED) is 0.619. The van der Waals surface area contributed by atoms with E-state index in [1.54, 1.807) is 0 Å². The lowest BCUT2D eigenvalue weighted by Crippen LogP contribution is -2.35. The zero-order valence-electron chi connectivity index (χ0n) is 15.2. The van der Waals surface area contributed by atoms with Crippen LogP contribution in [0.4, 0.5) is 0 Å². The van der Waals surface area contributed by atoms with Crippen LogP contribution in [-0.4, -0.2) is 4.57 Å². The second-order valence-electron chi connectivity index (χ2n) is 6.71. The van der Waals surface area contributed by atoms with Crippen molar-refractivity contribution in [2.75, 3.05) is 0 Å². The van der Waals surface area contributed by atoms with Gasteiger partial charge in [-0.2, -0.15) is 0 Å². The van der Waals surface area contributed by atoms with E-state index in [9.17, 15) is 0 Å². The van der Waals surface area contributed by atoms with Crippen LogP contribution in [-0.2, 0) is 20.0 Å². The number of imidazole rings is 1. The molecule has 0 saturated carbocycles. The second-order valence-corrected chi connectivity index (χ2v) is 6.71. The van der Waals surface area contributed by atoms with Crippen molar-refractivity contribution in [1.29, 1.82) is 0 Å². The Kier molecular flexibility index (Phi) is 4.84. The summed E-state index contributed by atoms with van der Waals surface area (Å²) < 4.78 is 4.63. The average Bonchev–Trinajstić information content (AvgIpc) is 2.96. The highest BCUT2D eigenvalue weighted by molar-refractivity contribution is 5.31. The third-order valence-electron chi connectivity index (χ3n) is 4.82. The monoisotopic (exact) mass is 319 g/mol. The zero-order valence-corrected chi connectivity index (χ0v) is 15.2. The molecule has 2 heteroatoms. The number of aryl methyl sites for hydroxylation is 4. The maximum Gasteiger partial charge on any atom is 0.264 e. The van der Waals surface area contributed by atoms with Gasteiger partial charge in [0, 0.05) is 0 Å². The van der Waals surface area contributed by atoms with Crippen LogP contribution in [0, 0.1) is 13.8 Å². The number of rotatable bonds is 5. The maximum atomic E-state index is 2.36. The van der Waals surface area contributed by atoms with E-state index in [2.05, 4.69) is 97.9 Å². The minimum Gasteiger partial charge on any atom is -0.236 e. The Morgan fingerprint density at radius 2 is 1.50 bits per heavy atom. The first-order chi connectivity index (χ1) is 11.6. The van der Waals surface area contributed by atoms with E-state index < -0.39 is 0 Å². The summed E-state index contributed by atoms with van der Waals surface area (Å²) in [7, 11) is 2.15. The summed E-state index contributed by atoms with van der Waals surface area (Å²) in [5, 5.41) is 0. The molecule has 0 spiro atoms. The Labute approximate surface area is 145 Å². The van der Waals surface area contributed by atoms with E-state index >= 15 is 0 Å². The summed E-state index contributed by atoms with van der Waals surface area (Å²) in [5.41, 5.74) is 5.39. The Balaban J connectivity index is 2.04. The van der Waals surface area contributed by atoms with E-state index in [0.717, 1.165) is 13.0 Å². The molecule has 1 aromatic heterocycles. The minimum atomic E-state index is 0.355. The topological polar surface area (TPSA) is 8.81 Å². The Hall–Kier alpha value is -2.35. The molecule has 2 aromatic carbocycles. The van der Waals surface area contributed by atoms with Crippen molar-refractivity contribution in [2.45, 2.75) is 39.7 Å². The predicted octanol–water partition coefficient (Wildman–Crippen LogP) is 4.32. The normalized spacial score (nSPS) is 12.3. The molecule has 0 aliphatic rings. The van der Waals surface area contributed by atoms with Gasteiger partial charge >= 0.3 is 0 Å². The Bertz CT molecular complexity index is 795. The molecule has 0 fully saturated rings. The smallest absolute Gasteiger partial charge is 0.236 e. The molecular weight excluding hydrogens is 292 g/mol. The van der Waals surface area contributed by atoms with Crippen LogP contribution in [0.1, 0.15) is 40.9 Å². The van der Waals surface area contributed by atoms with Gasteiger partial charge in [0.15, 0.2) is 0 Å². The van der Waals surface area contributed by atoms with Crippen molar-refractivity contribution in [3.63, 3.8) is 0 Å². The highest BCUT2D eigenvalue weighted by atomic mass is 15.1. The Morgan fingerprint density at radius 1 is 0.917 bits per heavy atom. The summed E-state index contributed by atoms with van der Waals surface area (Å²) in [6, 6.07) is 17.9. The molecule has 1 heterocycles. The van der Waals surface area contributed by atoms with Crippen molar-refractivity contribution < 1.29 is 4.57 Å². The molecule has 24 heavy (non-hydrogen) atoms. The fourth-order valence-corrected chi connectivity index (χ4v) is 3.37. The summed E-state index contributed by atoms with van der Waals surface area (Å²) in [4.78, 5) is 0. The first-order valence-corrected chi connectivity index (χ1v) is 8.75. The van der Waals surface area contributed by atoms with Gasteiger partial charge in [0.2, 0.25) is 0 Å². The Morgan fingerprint density at radius 3 is 2.08 bits per heavy atom. The first-order valence-electron chi connectivity index (χ1n) is 8.75. The fraction of sp³-hybridized carbons (Fsp3) is 0.318.